The molecule has 0 unspecified atom stereocenters. The van der Waals surface area contributed by atoms with Crippen LogP contribution in [-0.4, -0.2) is 23.8 Å². The second-order valence-corrected chi connectivity index (χ2v) is 4.31. The highest BCUT2D eigenvalue weighted by Crippen LogP contribution is 2.09. The molecular formula is C15H15N3O3. The summed E-state index contributed by atoms with van der Waals surface area (Å²) in [6.45, 7) is 0. The van der Waals surface area contributed by atoms with E-state index >= 15 is 0 Å². The van der Waals surface area contributed by atoms with Gasteiger partial charge in [0.05, 0.1) is 13.3 Å². The van der Waals surface area contributed by atoms with Crippen molar-refractivity contribution in [2.75, 3.05) is 7.11 Å². The number of aromatic nitrogens is 1. The summed E-state index contributed by atoms with van der Waals surface area (Å²) < 4.78 is 6.38. The van der Waals surface area contributed by atoms with Gasteiger partial charge in [-0.05, 0) is 42.0 Å². The molecule has 0 saturated carbocycles. The molecule has 0 aliphatic rings. The third kappa shape index (κ3) is 3.56. The van der Waals surface area contributed by atoms with Crippen LogP contribution in [-0.2, 0) is 7.05 Å². The van der Waals surface area contributed by atoms with Crippen molar-refractivity contribution in [3.63, 3.8) is 0 Å². The van der Waals surface area contributed by atoms with Gasteiger partial charge in [0.25, 0.3) is 11.5 Å². The molecule has 1 heterocycles. The van der Waals surface area contributed by atoms with E-state index in [9.17, 15) is 9.59 Å². The normalized spacial score (nSPS) is 10.6. The Morgan fingerprint density at radius 1 is 1.29 bits per heavy atom. The molecule has 0 radical (unpaired) electrons. The first-order chi connectivity index (χ1) is 10.1. The predicted octanol–water partition coefficient (Wildman–Crippen LogP) is 1.16. The van der Waals surface area contributed by atoms with Crippen LogP contribution in [0.4, 0.5) is 0 Å². The van der Waals surface area contributed by atoms with Gasteiger partial charge < -0.3 is 9.30 Å². The lowest BCUT2D eigenvalue weighted by molar-refractivity contribution is 0.0953. The number of amides is 1. The summed E-state index contributed by atoms with van der Waals surface area (Å²) in [5.41, 5.74) is 2.81. The highest BCUT2D eigenvalue weighted by Gasteiger charge is 2.09. The lowest BCUT2D eigenvalue weighted by Gasteiger charge is -2.02. The van der Waals surface area contributed by atoms with Crippen LogP contribution >= 0.6 is 0 Å². The number of pyridine rings is 1. The molecule has 6 heteroatoms. The molecule has 0 aliphatic carbocycles. The van der Waals surface area contributed by atoms with Gasteiger partial charge in [-0.2, -0.15) is 5.10 Å². The number of aryl methyl sites for hydroxylation is 1. The molecule has 2 rings (SSSR count). The Balaban J connectivity index is 2.04. The molecule has 0 spiro atoms. The van der Waals surface area contributed by atoms with E-state index in [4.69, 9.17) is 4.74 Å². The second-order valence-electron chi connectivity index (χ2n) is 4.31. The fourth-order valence-corrected chi connectivity index (χ4v) is 1.69. The maximum atomic E-state index is 11.9. The number of ether oxygens (including phenoxy) is 1. The first-order valence-corrected chi connectivity index (χ1v) is 6.25. The molecule has 6 nitrogen and oxygen atoms in total. The van der Waals surface area contributed by atoms with Crippen molar-refractivity contribution in [1.29, 1.82) is 0 Å². The number of hydrogen-bond donors (Lipinski definition) is 1. The van der Waals surface area contributed by atoms with Crippen LogP contribution in [0.3, 0.4) is 0 Å². The molecule has 108 valence electrons. The predicted molar refractivity (Wildman–Crippen MR) is 79.7 cm³/mol. The van der Waals surface area contributed by atoms with E-state index in [2.05, 4.69) is 10.5 Å². The summed E-state index contributed by atoms with van der Waals surface area (Å²) in [6, 6.07) is 10.3. The fraction of sp³-hybridized carbons (Fsp3) is 0.133. The minimum atomic E-state index is -0.541. The zero-order valence-corrected chi connectivity index (χ0v) is 11.7. The number of carbonyl (C=O) groups is 1. The number of rotatable bonds is 4. The van der Waals surface area contributed by atoms with E-state index in [0.717, 1.165) is 11.3 Å². The van der Waals surface area contributed by atoms with Crippen LogP contribution in [0.15, 0.2) is 52.5 Å². The van der Waals surface area contributed by atoms with Crippen LogP contribution in [0.25, 0.3) is 0 Å². The van der Waals surface area contributed by atoms with Gasteiger partial charge in [0.15, 0.2) is 0 Å². The molecule has 1 aromatic carbocycles. The molecule has 1 aromatic heterocycles. The quantitative estimate of drug-likeness (QED) is 0.676. The standard InChI is InChI=1S/C15H15N3O3/c1-18-9-3-4-13(15(18)20)14(19)17-16-10-11-5-7-12(21-2)8-6-11/h3-10H,1-2H3,(H,17,19)/b16-10-. The maximum absolute atomic E-state index is 11.9. The van der Waals surface area contributed by atoms with Crippen LogP contribution in [0.1, 0.15) is 15.9 Å². The van der Waals surface area contributed by atoms with Crippen LogP contribution < -0.4 is 15.7 Å². The van der Waals surface area contributed by atoms with Crippen molar-refractivity contribution in [3.8, 4) is 5.75 Å². The summed E-state index contributed by atoms with van der Waals surface area (Å²) in [5.74, 6) is 0.199. The molecule has 0 fully saturated rings. The molecule has 1 N–H and O–H groups in total. The number of benzene rings is 1. The Kier molecular flexibility index (Phi) is 4.50. The number of methoxy groups -OCH3 is 1. The average molecular weight is 285 g/mol. The highest BCUT2D eigenvalue weighted by atomic mass is 16.5. The van der Waals surface area contributed by atoms with E-state index in [1.165, 1.54) is 16.8 Å². The van der Waals surface area contributed by atoms with Gasteiger partial charge in [0.1, 0.15) is 11.3 Å². The average Bonchev–Trinajstić information content (AvgIpc) is 2.50. The Morgan fingerprint density at radius 3 is 2.67 bits per heavy atom. The van der Waals surface area contributed by atoms with Gasteiger partial charge in [0, 0.05) is 13.2 Å². The largest absolute Gasteiger partial charge is 0.497 e. The van der Waals surface area contributed by atoms with Crippen LogP contribution in [0.5, 0.6) is 5.75 Å². The molecular weight excluding hydrogens is 270 g/mol. The van der Waals surface area contributed by atoms with Crippen LogP contribution in [0.2, 0.25) is 0 Å². The van der Waals surface area contributed by atoms with E-state index in [-0.39, 0.29) is 11.1 Å². The van der Waals surface area contributed by atoms with Crippen molar-refractivity contribution < 1.29 is 9.53 Å². The minimum absolute atomic E-state index is 0.0480. The molecule has 0 saturated heterocycles. The third-order valence-electron chi connectivity index (χ3n) is 2.86. The molecule has 0 atom stereocenters. The zero-order chi connectivity index (χ0) is 15.2. The molecule has 21 heavy (non-hydrogen) atoms. The number of carbonyl (C=O) groups excluding carboxylic acids is 1. The topological polar surface area (TPSA) is 72.7 Å². The van der Waals surface area contributed by atoms with E-state index in [0.29, 0.717) is 0 Å². The van der Waals surface area contributed by atoms with E-state index in [1.807, 2.05) is 0 Å². The van der Waals surface area contributed by atoms with Gasteiger partial charge in [-0.25, -0.2) is 5.43 Å². The van der Waals surface area contributed by atoms with Crippen molar-refractivity contribution in [2.45, 2.75) is 0 Å². The number of hydrazone groups is 1. The summed E-state index contributed by atoms with van der Waals surface area (Å²) in [7, 11) is 3.17. The second kappa shape index (κ2) is 6.51. The first-order valence-electron chi connectivity index (χ1n) is 6.25. The molecule has 0 bridgehead atoms. The van der Waals surface area contributed by atoms with Gasteiger partial charge in [-0.15, -0.1) is 0 Å². The van der Waals surface area contributed by atoms with Crippen molar-refractivity contribution in [3.05, 3.63) is 64.1 Å². The molecule has 0 aliphatic heterocycles. The van der Waals surface area contributed by atoms with Crippen molar-refractivity contribution in [2.24, 2.45) is 12.1 Å². The van der Waals surface area contributed by atoms with E-state index < -0.39 is 5.91 Å². The van der Waals surface area contributed by atoms with Gasteiger partial charge in [-0.3, -0.25) is 9.59 Å². The highest BCUT2D eigenvalue weighted by molar-refractivity contribution is 5.94. The maximum Gasteiger partial charge on any atom is 0.276 e. The molecule has 1 amide bonds. The molecule has 2 aromatic rings. The van der Waals surface area contributed by atoms with Gasteiger partial charge in [-0.1, -0.05) is 0 Å². The third-order valence-corrected chi connectivity index (χ3v) is 2.86. The number of hydrogen-bond acceptors (Lipinski definition) is 4. The summed E-state index contributed by atoms with van der Waals surface area (Å²) in [4.78, 5) is 23.6. The van der Waals surface area contributed by atoms with Crippen molar-refractivity contribution in [1.82, 2.24) is 9.99 Å². The Morgan fingerprint density at radius 2 is 2.00 bits per heavy atom. The van der Waals surface area contributed by atoms with Gasteiger partial charge in [0.2, 0.25) is 0 Å². The summed E-state index contributed by atoms with van der Waals surface area (Å²) in [5, 5.41) is 3.83. The monoisotopic (exact) mass is 285 g/mol. The minimum Gasteiger partial charge on any atom is -0.497 e. The van der Waals surface area contributed by atoms with Crippen LogP contribution in [0, 0.1) is 0 Å². The Hall–Kier alpha value is -2.89. The Bertz CT molecular complexity index is 718. The number of nitrogens with one attached hydrogen (secondary N) is 1. The Labute approximate surface area is 121 Å². The van der Waals surface area contributed by atoms with Gasteiger partial charge >= 0.3 is 0 Å². The fourth-order valence-electron chi connectivity index (χ4n) is 1.69. The first kappa shape index (κ1) is 14.5. The van der Waals surface area contributed by atoms with E-state index in [1.54, 1.807) is 50.7 Å². The number of nitrogens with zero attached hydrogens (tertiary/aromatic N) is 2. The summed E-state index contributed by atoms with van der Waals surface area (Å²) >= 11 is 0. The van der Waals surface area contributed by atoms with Crippen molar-refractivity contribution >= 4 is 12.1 Å². The summed E-state index contributed by atoms with van der Waals surface area (Å²) in [6.07, 6.45) is 3.07. The smallest absolute Gasteiger partial charge is 0.276 e. The SMILES string of the molecule is COc1ccc(/C=N\NC(=O)c2cccn(C)c2=O)cc1. The lowest BCUT2D eigenvalue weighted by atomic mass is 10.2. The zero-order valence-electron chi connectivity index (χ0n) is 11.7. The lowest BCUT2D eigenvalue weighted by Crippen LogP contribution is -2.29.